The lowest BCUT2D eigenvalue weighted by atomic mass is 9.96. The van der Waals surface area contributed by atoms with Crippen molar-refractivity contribution in [2.75, 3.05) is 17.7 Å². The predicted molar refractivity (Wildman–Crippen MR) is 148 cm³/mol. The number of anilines is 2. The lowest BCUT2D eigenvalue weighted by molar-refractivity contribution is 0.0529. The van der Waals surface area contributed by atoms with Crippen LogP contribution in [-0.4, -0.2) is 23.5 Å². The lowest BCUT2D eigenvalue weighted by Gasteiger charge is -2.12. The summed E-state index contributed by atoms with van der Waals surface area (Å²) < 4.78 is 5.33. The van der Waals surface area contributed by atoms with Gasteiger partial charge in [-0.25, -0.2) is 9.78 Å². The van der Waals surface area contributed by atoms with Gasteiger partial charge in [-0.15, -0.1) is 22.7 Å². The van der Waals surface area contributed by atoms with Gasteiger partial charge < -0.3 is 15.8 Å². The van der Waals surface area contributed by atoms with Crippen molar-refractivity contribution < 1.29 is 14.3 Å². The molecule has 5 rings (SSSR count). The summed E-state index contributed by atoms with van der Waals surface area (Å²) >= 11 is 2.61. The summed E-state index contributed by atoms with van der Waals surface area (Å²) in [5, 5.41) is 6.10. The minimum absolute atomic E-state index is 0.245. The minimum atomic E-state index is -0.463. The standard InChI is InChI=1S/C28H29N3O3S2/c1-3-34-28(33)22-20(17-12-10-16(2)11-13-17)15-35-27(22)31-25(32)24-23(29)19-14-18-8-6-4-5-7-9-21(18)30-26(19)36-24/h10-15H,3-9,29H2,1-2H3,(H,31,32). The first-order valence-corrected chi connectivity index (χ1v) is 14.0. The quantitative estimate of drug-likeness (QED) is 0.277. The molecule has 6 nitrogen and oxygen atoms in total. The molecule has 0 atom stereocenters. The van der Waals surface area contributed by atoms with Crippen LogP contribution >= 0.6 is 22.7 Å². The summed E-state index contributed by atoms with van der Waals surface area (Å²) in [5.41, 5.74) is 12.4. The Morgan fingerprint density at radius 3 is 2.61 bits per heavy atom. The number of hydrogen-bond acceptors (Lipinski definition) is 7. The Bertz CT molecular complexity index is 1440. The second-order valence-electron chi connectivity index (χ2n) is 9.10. The molecule has 1 aliphatic rings. The Labute approximate surface area is 218 Å². The molecule has 0 bridgehead atoms. The third-order valence-electron chi connectivity index (χ3n) is 6.57. The molecule has 3 N–H and O–H groups in total. The van der Waals surface area contributed by atoms with Gasteiger partial charge in [0.25, 0.3) is 5.91 Å². The zero-order valence-electron chi connectivity index (χ0n) is 20.5. The first-order chi connectivity index (χ1) is 17.5. The number of hydrogen-bond donors (Lipinski definition) is 2. The van der Waals surface area contributed by atoms with Crippen molar-refractivity contribution in [2.24, 2.45) is 0 Å². The normalized spacial score (nSPS) is 13.6. The SMILES string of the molecule is CCOC(=O)c1c(-c2ccc(C)cc2)csc1NC(=O)c1sc2nc3c(cc2c1N)CCCCCC3. The topological polar surface area (TPSA) is 94.3 Å². The summed E-state index contributed by atoms with van der Waals surface area (Å²) in [6.07, 6.45) is 6.71. The molecule has 3 aromatic heterocycles. The number of aryl methyl sites for hydroxylation is 3. The average Bonchev–Trinajstić information content (AvgIpc) is 3.40. The van der Waals surface area contributed by atoms with E-state index in [1.165, 1.54) is 41.1 Å². The van der Waals surface area contributed by atoms with Crippen molar-refractivity contribution in [3.8, 4) is 11.1 Å². The van der Waals surface area contributed by atoms with E-state index in [9.17, 15) is 9.59 Å². The molecule has 0 unspecified atom stereocenters. The van der Waals surface area contributed by atoms with Gasteiger partial charge in [0.05, 0.1) is 12.3 Å². The summed E-state index contributed by atoms with van der Waals surface area (Å²) in [6, 6.07) is 10.0. The van der Waals surface area contributed by atoms with Gasteiger partial charge in [0, 0.05) is 22.0 Å². The molecule has 0 fully saturated rings. The molecule has 0 saturated heterocycles. The maximum Gasteiger partial charge on any atom is 0.341 e. The van der Waals surface area contributed by atoms with E-state index in [4.69, 9.17) is 15.5 Å². The maximum absolute atomic E-state index is 13.4. The van der Waals surface area contributed by atoms with Crippen molar-refractivity contribution in [3.05, 3.63) is 63.0 Å². The molecule has 0 saturated carbocycles. The Morgan fingerprint density at radius 1 is 1.11 bits per heavy atom. The minimum Gasteiger partial charge on any atom is -0.462 e. The average molecular weight is 520 g/mol. The van der Waals surface area contributed by atoms with Crippen molar-refractivity contribution in [3.63, 3.8) is 0 Å². The fourth-order valence-electron chi connectivity index (χ4n) is 4.64. The number of nitrogen functional groups attached to an aromatic ring is 1. The number of carbonyl (C=O) groups is 2. The van der Waals surface area contributed by atoms with Crippen LogP contribution in [0.25, 0.3) is 21.3 Å². The predicted octanol–water partition coefficient (Wildman–Crippen LogP) is 7.00. The number of nitrogens with zero attached hydrogens (tertiary/aromatic N) is 1. The van der Waals surface area contributed by atoms with Gasteiger partial charge >= 0.3 is 5.97 Å². The smallest absolute Gasteiger partial charge is 0.341 e. The molecule has 0 aliphatic heterocycles. The van der Waals surface area contributed by atoms with Crippen LogP contribution in [0.3, 0.4) is 0 Å². The number of pyridine rings is 1. The molecule has 1 aromatic carbocycles. The number of rotatable bonds is 5. The van der Waals surface area contributed by atoms with E-state index in [0.29, 0.717) is 21.1 Å². The Hall–Kier alpha value is -3.23. The van der Waals surface area contributed by atoms with Gasteiger partial charge in [0.2, 0.25) is 0 Å². The van der Waals surface area contributed by atoms with Crippen molar-refractivity contribution in [2.45, 2.75) is 52.4 Å². The van der Waals surface area contributed by atoms with Crippen LogP contribution in [0.15, 0.2) is 35.7 Å². The number of nitrogens with two attached hydrogens (primary N) is 1. The molecule has 0 radical (unpaired) electrons. The third kappa shape index (κ3) is 4.75. The highest BCUT2D eigenvalue weighted by atomic mass is 32.1. The van der Waals surface area contributed by atoms with Gasteiger partial charge in [0.1, 0.15) is 20.3 Å². The number of carbonyl (C=O) groups excluding carboxylic acids is 2. The number of thiophene rings is 2. The van der Waals surface area contributed by atoms with Crippen LogP contribution in [-0.2, 0) is 17.6 Å². The zero-order chi connectivity index (χ0) is 25.2. The lowest BCUT2D eigenvalue weighted by Crippen LogP contribution is -2.14. The number of esters is 1. The maximum atomic E-state index is 13.4. The van der Waals surface area contributed by atoms with E-state index >= 15 is 0 Å². The number of ether oxygens (including phenoxy) is 1. The highest BCUT2D eigenvalue weighted by Crippen LogP contribution is 2.39. The fraction of sp³-hybridized carbons (Fsp3) is 0.321. The van der Waals surface area contributed by atoms with Crippen LogP contribution in [0, 0.1) is 6.92 Å². The zero-order valence-corrected chi connectivity index (χ0v) is 22.1. The van der Waals surface area contributed by atoms with Crippen molar-refractivity contribution in [1.29, 1.82) is 0 Å². The van der Waals surface area contributed by atoms with Crippen LogP contribution in [0.4, 0.5) is 10.7 Å². The largest absolute Gasteiger partial charge is 0.462 e. The van der Waals surface area contributed by atoms with E-state index in [-0.39, 0.29) is 12.5 Å². The highest BCUT2D eigenvalue weighted by Gasteiger charge is 2.25. The van der Waals surface area contributed by atoms with Crippen LogP contribution in [0.1, 0.15) is 69.5 Å². The van der Waals surface area contributed by atoms with Crippen LogP contribution in [0.5, 0.6) is 0 Å². The van der Waals surface area contributed by atoms with Crippen LogP contribution in [0.2, 0.25) is 0 Å². The number of fused-ring (bicyclic) bond motifs is 2. The van der Waals surface area contributed by atoms with Gasteiger partial charge in [0.15, 0.2) is 0 Å². The summed E-state index contributed by atoms with van der Waals surface area (Å²) in [4.78, 5) is 32.4. The number of nitrogens with one attached hydrogen (secondary N) is 1. The molecule has 1 amide bonds. The van der Waals surface area contributed by atoms with E-state index in [1.807, 2.05) is 36.6 Å². The van der Waals surface area contributed by atoms with E-state index < -0.39 is 5.97 Å². The second kappa shape index (κ2) is 10.4. The van der Waals surface area contributed by atoms with Gasteiger partial charge in [-0.1, -0.05) is 42.7 Å². The van der Waals surface area contributed by atoms with Crippen molar-refractivity contribution >= 4 is 55.5 Å². The molecular weight excluding hydrogens is 490 g/mol. The van der Waals surface area contributed by atoms with Crippen molar-refractivity contribution in [1.82, 2.24) is 4.98 Å². The van der Waals surface area contributed by atoms with E-state index in [0.717, 1.165) is 58.3 Å². The Morgan fingerprint density at radius 2 is 1.86 bits per heavy atom. The summed E-state index contributed by atoms with van der Waals surface area (Å²) in [5.74, 6) is -0.804. The summed E-state index contributed by atoms with van der Waals surface area (Å²) in [6.45, 7) is 4.02. The van der Waals surface area contributed by atoms with Gasteiger partial charge in [-0.05, 0) is 56.7 Å². The Kier molecular flexibility index (Phi) is 7.07. The van der Waals surface area contributed by atoms with Crippen LogP contribution < -0.4 is 11.1 Å². The molecular formula is C28H29N3O3S2. The highest BCUT2D eigenvalue weighted by molar-refractivity contribution is 7.21. The molecule has 36 heavy (non-hydrogen) atoms. The molecule has 186 valence electrons. The molecule has 8 heteroatoms. The first-order valence-electron chi connectivity index (χ1n) is 12.3. The molecule has 0 spiro atoms. The number of aromatic nitrogens is 1. The van der Waals surface area contributed by atoms with Gasteiger partial charge in [-0.2, -0.15) is 0 Å². The molecule has 3 heterocycles. The Balaban J connectivity index is 1.49. The third-order valence-corrected chi connectivity index (χ3v) is 8.58. The molecule has 1 aliphatic carbocycles. The number of benzene rings is 1. The summed E-state index contributed by atoms with van der Waals surface area (Å²) in [7, 11) is 0. The van der Waals surface area contributed by atoms with Gasteiger partial charge in [-0.3, -0.25) is 4.79 Å². The van der Waals surface area contributed by atoms with E-state index in [1.54, 1.807) is 6.92 Å². The number of amides is 1. The fourth-order valence-corrected chi connectivity index (χ4v) is 6.59. The molecule has 4 aromatic rings. The monoisotopic (exact) mass is 519 g/mol. The first kappa shape index (κ1) is 24.5. The van der Waals surface area contributed by atoms with E-state index in [2.05, 4.69) is 11.4 Å². The second-order valence-corrected chi connectivity index (χ2v) is 11.0.